The fourth-order valence-corrected chi connectivity index (χ4v) is 3.37. The van der Waals surface area contributed by atoms with Crippen LogP contribution in [-0.2, 0) is 0 Å². The number of benzene rings is 1. The van der Waals surface area contributed by atoms with Gasteiger partial charge in [-0.2, -0.15) is 0 Å². The van der Waals surface area contributed by atoms with Gasteiger partial charge in [0.2, 0.25) is 0 Å². The molecule has 1 fully saturated rings. The van der Waals surface area contributed by atoms with Gasteiger partial charge in [-0.05, 0) is 49.8 Å². The van der Waals surface area contributed by atoms with Crippen LogP contribution < -0.4 is 5.32 Å². The summed E-state index contributed by atoms with van der Waals surface area (Å²) in [5, 5.41) is 3.61. The molecule has 0 bridgehead atoms. The number of nitrogens with one attached hydrogen (secondary N) is 1. The van der Waals surface area contributed by atoms with E-state index in [0.29, 0.717) is 0 Å². The largest absolute Gasteiger partial charge is 0.314 e. The molecule has 0 amide bonds. The van der Waals surface area contributed by atoms with Crippen LogP contribution >= 0.6 is 0 Å². The van der Waals surface area contributed by atoms with Crippen LogP contribution in [-0.4, -0.2) is 12.6 Å². The molecule has 2 rings (SSSR count). The molecule has 1 nitrogen and oxygen atoms in total. The van der Waals surface area contributed by atoms with E-state index in [-0.39, 0.29) is 0 Å². The Kier molecular flexibility index (Phi) is 3.88. The maximum absolute atomic E-state index is 3.61. The third-order valence-electron chi connectivity index (χ3n) is 4.30. The molecule has 94 valence electrons. The molecule has 1 aromatic rings. The first kappa shape index (κ1) is 12.6. The molecule has 1 N–H and O–H groups in total. The molecule has 0 aliphatic heterocycles. The first-order valence-electron chi connectivity index (χ1n) is 6.97. The van der Waals surface area contributed by atoms with Gasteiger partial charge in [0.15, 0.2) is 0 Å². The molecule has 1 aliphatic carbocycles. The number of hydrogen-bond acceptors (Lipinski definition) is 1. The van der Waals surface area contributed by atoms with E-state index in [1.807, 2.05) is 0 Å². The van der Waals surface area contributed by atoms with Crippen molar-refractivity contribution in [1.82, 2.24) is 5.32 Å². The summed E-state index contributed by atoms with van der Waals surface area (Å²) in [5.74, 6) is 1.61. The topological polar surface area (TPSA) is 12.0 Å². The Labute approximate surface area is 106 Å². The van der Waals surface area contributed by atoms with E-state index >= 15 is 0 Å². The average molecular weight is 231 g/mol. The summed E-state index contributed by atoms with van der Waals surface area (Å²) in [7, 11) is 0. The van der Waals surface area contributed by atoms with E-state index in [4.69, 9.17) is 0 Å². The van der Waals surface area contributed by atoms with Gasteiger partial charge in [0.1, 0.15) is 0 Å². The molecule has 0 heterocycles. The molecule has 1 saturated carbocycles. The molecule has 0 spiro atoms. The number of rotatable bonds is 4. The predicted molar refractivity (Wildman–Crippen MR) is 74.5 cm³/mol. The first-order chi connectivity index (χ1) is 8.17. The van der Waals surface area contributed by atoms with Crippen molar-refractivity contribution in [3.63, 3.8) is 0 Å². The van der Waals surface area contributed by atoms with Gasteiger partial charge in [-0.25, -0.2) is 0 Å². The first-order valence-corrected chi connectivity index (χ1v) is 6.97. The van der Waals surface area contributed by atoms with Gasteiger partial charge in [0, 0.05) is 6.04 Å². The third kappa shape index (κ3) is 2.40. The predicted octanol–water partition coefficient (Wildman–Crippen LogP) is 3.80. The smallest absolute Gasteiger partial charge is 0.0107 e. The summed E-state index contributed by atoms with van der Waals surface area (Å²) in [6.07, 6.45) is 2.60. The van der Waals surface area contributed by atoms with Gasteiger partial charge in [-0.3, -0.25) is 0 Å². The van der Waals surface area contributed by atoms with Crippen LogP contribution in [0.4, 0.5) is 0 Å². The van der Waals surface area contributed by atoms with Crippen molar-refractivity contribution in [2.24, 2.45) is 5.92 Å². The van der Waals surface area contributed by atoms with Crippen LogP contribution in [0, 0.1) is 19.8 Å². The van der Waals surface area contributed by atoms with Crippen LogP contribution in [0.2, 0.25) is 0 Å². The molecule has 0 radical (unpaired) electrons. The Balaban J connectivity index is 2.13. The quantitative estimate of drug-likeness (QED) is 0.831. The van der Waals surface area contributed by atoms with Gasteiger partial charge in [-0.1, -0.05) is 44.0 Å². The summed E-state index contributed by atoms with van der Waals surface area (Å²) < 4.78 is 0. The molecular formula is C16H25N. The highest BCUT2D eigenvalue weighted by molar-refractivity contribution is 5.35. The Hall–Kier alpha value is -0.820. The maximum atomic E-state index is 3.61. The van der Waals surface area contributed by atoms with Crippen molar-refractivity contribution in [3.8, 4) is 0 Å². The zero-order valence-corrected chi connectivity index (χ0v) is 11.6. The van der Waals surface area contributed by atoms with E-state index in [1.54, 1.807) is 5.56 Å². The van der Waals surface area contributed by atoms with E-state index < -0.39 is 0 Å². The van der Waals surface area contributed by atoms with Crippen molar-refractivity contribution in [1.29, 1.82) is 0 Å². The van der Waals surface area contributed by atoms with Crippen molar-refractivity contribution in [2.75, 3.05) is 6.54 Å². The lowest BCUT2D eigenvalue weighted by atomic mass is 9.64. The van der Waals surface area contributed by atoms with E-state index in [2.05, 4.69) is 51.2 Å². The summed E-state index contributed by atoms with van der Waals surface area (Å²) >= 11 is 0. The fraction of sp³-hybridized carbons (Fsp3) is 0.625. The molecule has 1 heteroatoms. The highest BCUT2D eigenvalue weighted by atomic mass is 14.9. The highest BCUT2D eigenvalue weighted by Crippen LogP contribution is 2.45. The maximum Gasteiger partial charge on any atom is 0.0107 e. The minimum atomic E-state index is 0.746. The van der Waals surface area contributed by atoms with E-state index in [0.717, 1.165) is 24.4 Å². The van der Waals surface area contributed by atoms with E-state index in [1.165, 1.54) is 24.0 Å². The second-order valence-corrected chi connectivity index (χ2v) is 5.44. The number of aryl methyl sites for hydroxylation is 2. The van der Waals surface area contributed by atoms with Crippen molar-refractivity contribution in [2.45, 2.75) is 52.5 Å². The second kappa shape index (κ2) is 5.22. The molecule has 3 atom stereocenters. The number of hydrogen-bond donors (Lipinski definition) is 1. The van der Waals surface area contributed by atoms with Crippen LogP contribution in [0.15, 0.2) is 18.2 Å². The summed E-state index contributed by atoms with van der Waals surface area (Å²) in [5.41, 5.74) is 4.43. The van der Waals surface area contributed by atoms with Gasteiger partial charge in [0.05, 0.1) is 0 Å². The van der Waals surface area contributed by atoms with Crippen LogP contribution in [0.5, 0.6) is 0 Å². The standard InChI is InChI=1S/C16H25N/c1-5-13-15(10-16(13)17-6-2)14-8-7-11(3)9-12(14)4/h7-9,13,15-17H,5-6,10H2,1-4H3. The zero-order valence-electron chi connectivity index (χ0n) is 11.6. The van der Waals surface area contributed by atoms with Crippen molar-refractivity contribution in [3.05, 3.63) is 34.9 Å². The Bertz CT molecular complexity index is 383. The van der Waals surface area contributed by atoms with Gasteiger partial charge in [-0.15, -0.1) is 0 Å². The Morgan fingerprint density at radius 2 is 2.00 bits per heavy atom. The molecule has 3 unspecified atom stereocenters. The second-order valence-electron chi connectivity index (χ2n) is 5.44. The van der Waals surface area contributed by atoms with Crippen molar-refractivity contribution >= 4 is 0 Å². The van der Waals surface area contributed by atoms with Gasteiger partial charge >= 0.3 is 0 Å². The minimum absolute atomic E-state index is 0.746. The molecule has 0 saturated heterocycles. The molecule has 1 aromatic carbocycles. The zero-order chi connectivity index (χ0) is 12.4. The monoisotopic (exact) mass is 231 g/mol. The SMILES string of the molecule is CCNC1CC(c2ccc(C)cc2C)C1CC. The summed E-state index contributed by atoms with van der Waals surface area (Å²) in [4.78, 5) is 0. The normalized spacial score (nSPS) is 27.9. The lowest BCUT2D eigenvalue weighted by Gasteiger charge is -2.46. The van der Waals surface area contributed by atoms with Gasteiger partial charge < -0.3 is 5.32 Å². The van der Waals surface area contributed by atoms with Crippen LogP contribution in [0.1, 0.15) is 49.3 Å². The fourth-order valence-electron chi connectivity index (χ4n) is 3.37. The van der Waals surface area contributed by atoms with Crippen molar-refractivity contribution < 1.29 is 0 Å². The summed E-state index contributed by atoms with van der Waals surface area (Å²) in [6, 6.07) is 7.68. The van der Waals surface area contributed by atoms with E-state index in [9.17, 15) is 0 Å². The molecular weight excluding hydrogens is 206 g/mol. The lowest BCUT2D eigenvalue weighted by Crippen LogP contribution is -2.49. The lowest BCUT2D eigenvalue weighted by molar-refractivity contribution is 0.162. The Morgan fingerprint density at radius 3 is 2.59 bits per heavy atom. The Morgan fingerprint density at radius 1 is 1.24 bits per heavy atom. The van der Waals surface area contributed by atoms with Gasteiger partial charge in [0.25, 0.3) is 0 Å². The molecule has 1 aliphatic rings. The molecule has 17 heavy (non-hydrogen) atoms. The molecule has 0 aromatic heterocycles. The highest BCUT2D eigenvalue weighted by Gasteiger charge is 2.40. The summed E-state index contributed by atoms with van der Waals surface area (Å²) in [6.45, 7) is 10.1. The minimum Gasteiger partial charge on any atom is -0.314 e. The van der Waals surface area contributed by atoms with Crippen LogP contribution in [0.25, 0.3) is 0 Å². The van der Waals surface area contributed by atoms with Crippen LogP contribution in [0.3, 0.4) is 0 Å². The third-order valence-corrected chi connectivity index (χ3v) is 4.30. The average Bonchev–Trinajstić information content (AvgIpc) is 2.26.